The van der Waals surface area contributed by atoms with Crippen LogP contribution in [0, 0.1) is 0 Å². The number of aromatic nitrogens is 3. The molecule has 7 nitrogen and oxygen atoms in total. The van der Waals surface area contributed by atoms with Gasteiger partial charge in [-0.3, -0.25) is 9.48 Å². The van der Waals surface area contributed by atoms with Gasteiger partial charge in [-0.25, -0.2) is 0 Å². The van der Waals surface area contributed by atoms with Gasteiger partial charge in [0.15, 0.2) is 5.69 Å². The van der Waals surface area contributed by atoms with Gasteiger partial charge in [0.25, 0.3) is 5.91 Å². The predicted octanol–water partition coefficient (Wildman–Crippen LogP) is 1.60. The molecule has 0 radical (unpaired) electrons. The maximum atomic E-state index is 11.8. The lowest BCUT2D eigenvalue weighted by Crippen LogP contribution is -2.28. The first-order valence-electron chi connectivity index (χ1n) is 6.58. The Labute approximate surface area is 130 Å². The van der Waals surface area contributed by atoms with E-state index in [0.29, 0.717) is 0 Å². The van der Waals surface area contributed by atoms with Crippen LogP contribution in [-0.4, -0.2) is 32.6 Å². The molecule has 0 fully saturated rings. The predicted molar refractivity (Wildman–Crippen MR) is 80.3 cm³/mol. The van der Waals surface area contributed by atoms with E-state index in [2.05, 4.69) is 15.6 Å². The Hall–Kier alpha value is -2.45. The molecule has 0 bridgehead atoms. The first kappa shape index (κ1) is 14.5. The highest BCUT2D eigenvalue weighted by atomic mass is 32.1. The molecule has 8 heteroatoms. The first-order valence-corrected chi connectivity index (χ1v) is 7.46. The van der Waals surface area contributed by atoms with Crippen molar-refractivity contribution in [3.63, 3.8) is 0 Å². The third kappa shape index (κ3) is 3.07. The van der Waals surface area contributed by atoms with Crippen LogP contribution in [-0.2, 0) is 7.05 Å². The molecule has 0 saturated carbocycles. The molecular formula is C14H14N4O3S. The van der Waals surface area contributed by atoms with Crippen LogP contribution in [0.5, 0.6) is 0 Å². The Morgan fingerprint density at radius 3 is 3.14 bits per heavy atom. The molecule has 3 rings (SSSR count). The molecule has 0 aromatic carbocycles. The zero-order chi connectivity index (χ0) is 15.5. The largest absolute Gasteiger partial charge is 0.464 e. The number of aliphatic hydroxyl groups excluding tert-OH is 1. The minimum absolute atomic E-state index is 0.105. The number of nitrogens with zero attached hydrogens (tertiary/aromatic N) is 3. The number of furan rings is 1. The number of thiophene rings is 1. The monoisotopic (exact) mass is 318 g/mol. The molecule has 1 atom stereocenters. The second-order valence-electron chi connectivity index (χ2n) is 4.72. The van der Waals surface area contributed by atoms with Gasteiger partial charge in [-0.05, 0) is 18.2 Å². The van der Waals surface area contributed by atoms with Crippen molar-refractivity contribution >= 4 is 17.2 Å². The van der Waals surface area contributed by atoms with E-state index in [4.69, 9.17) is 4.42 Å². The SMILES string of the molecule is Cn1cc(C(=O)NCC(O)c2cc(-c3ccco3)cs2)nn1. The average molecular weight is 318 g/mol. The van der Waals surface area contributed by atoms with Gasteiger partial charge in [0.05, 0.1) is 12.5 Å². The zero-order valence-electron chi connectivity index (χ0n) is 11.8. The Balaban J connectivity index is 1.60. The smallest absolute Gasteiger partial charge is 0.273 e. The molecule has 22 heavy (non-hydrogen) atoms. The lowest BCUT2D eigenvalue weighted by Gasteiger charge is -2.08. The number of aryl methyl sites for hydroxylation is 1. The molecule has 0 aliphatic carbocycles. The molecule has 3 aromatic rings. The summed E-state index contributed by atoms with van der Waals surface area (Å²) in [5.41, 5.74) is 1.13. The van der Waals surface area contributed by atoms with Crippen molar-refractivity contribution in [2.75, 3.05) is 6.54 Å². The summed E-state index contributed by atoms with van der Waals surface area (Å²) < 4.78 is 6.75. The van der Waals surface area contributed by atoms with Gasteiger partial charge in [-0.1, -0.05) is 5.21 Å². The van der Waals surface area contributed by atoms with Crippen molar-refractivity contribution < 1.29 is 14.3 Å². The highest BCUT2D eigenvalue weighted by Crippen LogP contribution is 2.29. The maximum Gasteiger partial charge on any atom is 0.273 e. The summed E-state index contributed by atoms with van der Waals surface area (Å²) in [7, 11) is 1.68. The number of amides is 1. The van der Waals surface area contributed by atoms with Crippen molar-refractivity contribution in [1.29, 1.82) is 0 Å². The first-order chi connectivity index (χ1) is 10.6. The molecule has 1 unspecified atom stereocenters. The highest BCUT2D eigenvalue weighted by Gasteiger charge is 2.15. The average Bonchev–Trinajstić information content (AvgIpc) is 3.23. The summed E-state index contributed by atoms with van der Waals surface area (Å²) >= 11 is 1.41. The van der Waals surface area contributed by atoms with Crippen LogP contribution >= 0.6 is 11.3 Å². The fourth-order valence-electron chi connectivity index (χ4n) is 1.93. The van der Waals surface area contributed by atoms with Gasteiger partial charge in [0.2, 0.25) is 0 Å². The quantitative estimate of drug-likeness (QED) is 0.745. The van der Waals surface area contributed by atoms with Crippen LogP contribution in [0.25, 0.3) is 11.3 Å². The fourth-order valence-corrected chi connectivity index (χ4v) is 2.81. The van der Waals surface area contributed by atoms with E-state index in [1.165, 1.54) is 22.2 Å². The van der Waals surface area contributed by atoms with Crippen LogP contribution in [0.2, 0.25) is 0 Å². The van der Waals surface area contributed by atoms with Crippen molar-refractivity contribution in [1.82, 2.24) is 20.3 Å². The summed E-state index contributed by atoms with van der Waals surface area (Å²) in [6, 6.07) is 5.51. The zero-order valence-corrected chi connectivity index (χ0v) is 12.6. The highest BCUT2D eigenvalue weighted by molar-refractivity contribution is 7.10. The van der Waals surface area contributed by atoms with Gasteiger partial charge in [0, 0.05) is 29.4 Å². The minimum atomic E-state index is -0.783. The third-order valence-electron chi connectivity index (χ3n) is 3.05. The van der Waals surface area contributed by atoms with Gasteiger partial charge >= 0.3 is 0 Å². The third-order valence-corrected chi connectivity index (χ3v) is 4.08. The second-order valence-corrected chi connectivity index (χ2v) is 5.66. The standard InChI is InChI=1S/C14H14N4O3S/c1-18-7-10(16-17-18)14(20)15-6-11(19)13-5-9(8-22-13)12-3-2-4-21-12/h2-5,7-8,11,19H,6H2,1H3,(H,15,20). The van der Waals surface area contributed by atoms with E-state index in [1.807, 2.05) is 23.6 Å². The van der Waals surface area contributed by atoms with Crippen LogP contribution in [0.1, 0.15) is 21.5 Å². The van der Waals surface area contributed by atoms with Crippen LogP contribution < -0.4 is 5.32 Å². The van der Waals surface area contributed by atoms with Crippen molar-refractivity contribution in [2.24, 2.45) is 7.05 Å². The molecule has 3 heterocycles. The molecule has 114 valence electrons. The Morgan fingerprint density at radius 2 is 2.45 bits per heavy atom. The Kier molecular flexibility index (Phi) is 4.03. The lowest BCUT2D eigenvalue weighted by atomic mass is 10.2. The van der Waals surface area contributed by atoms with Crippen molar-refractivity contribution in [3.05, 3.63) is 46.6 Å². The molecule has 0 aliphatic rings. The molecule has 0 aliphatic heterocycles. The number of aliphatic hydroxyl groups is 1. The number of rotatable bonds is 5. The van der Waals surface area contributed by atoms with Crippen molar-refractivity contribution in [3.8, 4) is 11.3 Å². The molecule has 0 spiro atoms. The van der Waals surface area contributed by atoms with Crippen molar-refractivity contribution in [2.45, 2.75) is 6.10 Å². The van der Waals surface area contributed by atoms with Gasteiger partial charge < -0.3 is 14.8 Å². The van der Waals surface area contributed by atoms with E-state index < -0.39 is 6.10 Å². The normalized spacial score (nSPS) is 12.3. The fraction of sp³-hybridized carbons (Fsp3) is 0.214. The summed E-state index contributed by atoms with van der Waals surface area (Å²) in [5, 5.41) is 22.1. The van der Waals surface area contributed by atoms with Gasteiger partial charge in [-0.15, -0.1) is 16.4 Å². The van der Waals surface area contributed by atoms with Crippen LogP contribution in [0.15, 0.2) is 40.5 Å². The summed E-state index contributed by atoms with van der Waals surface area (Å²) in [6.45, 7) is 0.105. The van der Waals surface area contributed by atoms with E-state index in [9.17, 15) is 9.90 Å². The maximum absolute atomic E-state index is 11.8. The van der Waals surface area contributed by atoms with E-state index in [0.717, 1.165) is 16.2 Å². The Bertz CT molecular complexity index is 763. The molecule has 0 saturated heterocycles. The topological polar surface area (TPSA) is 93.2 Å². The summed E-state index contributed by atoms with van der Waals surface area (Å²) in [4.78, 5) is 12.6. The van der Waals surface area contributed by atoms with Crippen LogP contribution in [0.3, 0.4) is 0 Å². The van der Waals surface area contributed by atoms with Gasteiger partial charge in [-0.2, -0.15) is 0 Å². The Morgan fingerprint density at radius 1 is 1.59 bits per heavy atom. The summed E-state index contributed by atoms with van der Waals surface area (Å²) in [6.07, 6.45) is 2.33. The molecular weight excluding hydrogens is 304 g/mol. The number of carbonyl (C=O) groups excluding carboxylic acids is 1. The minimum Gasteiger partial charge on any atom is -0.464 e. The number of nitrogens with one attached hydrogen (secondary N) is 1. The number of hydrogen-bond acceptors (Lipinski definition) is 6. The second kappa shape index (κ2) is 6.12. The van der Waals surface area contributed by atoms with E-state index in [-0.39, 0.29) is 18.1 Å². The molecule has 3 aromatic heterocycles. The van der Waals surface area contributed by atoms with E-state index >= 15 is 0 Å². The van der Waals surface area contributed by atoms with E-state index in [1.54, 1.807) is 13.3 Å². The van der Waals surface area contributed by atoms with Gasteiger partial charge in [0.1, 0.15) is 11.9 Å². The number of hydrogen-bond donors (Lipinski definition) is 2. The molecule has 1 amide bonds. The number of carbonyl (C=O) groups is 1. The molecule has 2 N–H and O–H groups in total. The summed E-state index contributed by atoms with van der Waals surface area (Å²) in [5.74, 6) is 0.383. The lowest BCUT2D eigenvalue weighted by molar-refractivity contribution is 0.0913. The van der Waals surface area contributed by atoms with Crippen LogP contribution in [0.4, 0.5) is 0 Å².